The molecule has 142 valence electrons. The first-order valence-corrected chi connectivity index (χ1v) is 8.79. The van der Waals surface area contributed by atoms with E-state index in [0.717, 1.165) is 10.8 Å². The predicted octanol–water partition coefficient (Wildman–Crippen LogP) is 2.83. The number of carbonyl (C=O) groups excluding carboxylic acids is 1. The normalized spacial score (nSPS) is 18.4. The van der Waals surface area contributed by atoms with E-state index >= 15 is 0 Å². The summed E-state index contributed by atoms with van der Waals surface area (Å²) < 4.78 is 5.39. The molecule has 1 amide bonds. The zero-order chi connectivity index (χ0) is 19.4. The topological polar surface area (TPSA) is 97.2 Å². The van der Waals surface area contributed by atoms with Crippen molar-refractivity contribution < 1.29 is 24.3 Å². The summed E-state index contributed by atoms with van der Waals surface area (Å²) in [6.07, 6.45) is -1.06. The van der Waals surface area contributed by atoms with Gasteiger partial charge in [0.25, 0.3) is 5.91 Å². The van der Waals surface area contributed by atoms with Gasteiger partial charge in [0.1, 0.15) is 17.3 Å². The summed E-state index contributed by atoms with van der Waals surface area (Å²) in [5.74, 6) is -1.70. The maximum Gasteiger partial charge on any atom is 0.326 e. The summed E-state index contributed by atoms with van der Waals surface area (Å²) in [4.78, 5) is 29.4. The lowest BCUT2D eigenvalue weighted by atomic mass is 9.99. The molecule has 8 heteroatoms. The number of ether oxygens (including phenoxy) is 1. The average Bonchev–Trinajstić information content (AvgIpc) is 3.07. The SMILES string of the molecule is COC(C(=O)N[C@@H](CC1CC(Cl)=NO1)C(=O)O)c1cccc2ccccc12. The van der Waals surface area contributed by atoms with Crippen LogP contribution in [0.25, 0.3) is 10.8 Å². The predicted molar refractivity (Wildman–Crippen MR) is 101 cm³/mol. The highest BCUT2D eigenvalue weighted by atomic mass is 35.5. The number of hydrogen-bond donors (Lipinski definition) is 2. The van der Waals surface area contributed by atoms with Crippen LogP contribution in [0, 0.1) is 0 Å². The highest BCUT2D eigenvalue weighted by molar-refractivity contribution is 6.65. The number of nitrogens with one attached hydrogen (secondary N) is 1. The summed E-state index contributed by atoms with van der Waals surface area (Å²) in [6.45, 7) is 0. The smallest absolute Gasteiger partial charge is 0.326 e. The zero-order valence-corrected chi connectivity index (χ0v) is 15.3. The number of benzene rings is 2. The van der Waals surface area contributed by atoms with Crippen molar-refractivity contribution in [1.29, 1.82) is 0 Å². The van der Waals surface area contributed by atoms with Crippen LogP contribution in [0.3, 0.4) is 0 Å². The van der Waals surface area contributed by atoms with Gasteiger partial charge in [0, 0.05) is 20.0 Å². The van der Waals surface area contributed by atoms with Gasteiger partial charge in [-0.15, -0.1) is 0 Å². The van der Waals surface area contributed by atoms with Gasteiger partial charge in [0.15, 0.2) is 6.10 Å². The second kappa shape index (κ2) is 8.37. The molecule has 0 saturated heterocycles. The first kappa shape index (κ1) is 19.1. The molecule has 2 N–H and O–H groups in total. The molecule has 3 atom stereocenters. The minimum absolute atomic E-state index is 0.0484. The molecular weight excluding hydrogens is 372 g/mol. The Morgan fingerprint density at radius 3 is 2.74 bits per heavy atom. The number of halogens is 1. The summed E-state index contributed by atoms with van der Waals surface area (Å²) in [7, 11) is 1.41. The van der Waals surface area contributed by atoms with Gasteiger partial charge in [-0.3, -0.25) is 4.79 Å². The molecule has 0 radical (unpaired) electrons. The van der Waals surface area contributed by atoms with Crippen LogP contribution >= 0.6 is 11.6 Å². The fraction of sp³-hybridized carbons (Fsp3) is 0.316. The molecule has 0 aliphatic carbocycles. The number of carboxylic acid groups (broad SMARTS) is 1. The van der Waals surface area contributed by atoms with Gasteiger partial charge < -0.3 is 20.0 Å². The van der Waals surface area contributed by atoms with Crippen LogP contribution in [0.4, 0.5) is 0 Å². The number of aliphatic carboxylic acids is 1. The summed E-state index contributed by atoms with van der Waals surface area (Å²) in [5.41, 5.74) is 0.667. The molecule has 0 aromatic heterocycles. The first-order valence-electron chi connectivity index (χ1n) is 8.41. The standard InChI is InChI=1S/C19H19ClN2O5/c1-26-17(14-8-4-6-11-5-2-3-7-13(11)14)18(23)21-15(19(24)25)9-12-10-16(20)22-27-12/h2-8,12,15,17H,9-10H2,1H3,(H,21,23)(H,24,25)/t12?,15-,17?/m0/s1. The van der Waals surface area contributed by atoms with E-state index < -0.39 is 30.1 Å². The average molecular weight is 391 g/mol. The quantitative estimate of drug-likeness (QED) is 0.757. The van der Waals surface area contributed by atoms with Gasteiger partial charge >= 0.3 is 5.97 Å². The minimum atomic E-state index is -1.16. The monoisotopic (exact) mass is 390 g/mol. The Morgan fingerprint density at radius 2 is 2.07 bits per heavy atom. The van der Waals surface area contributed by atoms with Gasteiger partial charge in [-0.1, -0.05) is 59.2 Å². The van der Waals surface area contributed by atoms with E-state index in [1.165, 1.54) is 7.11 Å². The van der Waals surface area contributed by atoms with E-state index in [4.69, 9.17) is 21.2 Å². The Bertz CT molecular complexity index is 880. The molecule has 0 spiro atoms. The molecule has 3 rings (SSSR count). The van der Waals surface area contributed by atoms with Crippen molar-refractivity contribution in [1.82, 2.24) is 5.32 Å². The fourth-order valence-electron chi connectivity index (χ4n) is 3.11. The van der Waals surface area contributed by atoms with E-state index in [9.17, 15) is 14.7 Å². The molecule has 1 heterocycles. The number of carbonyl (C=O) groups is 2. The van der Waals surface area contributed by atoms with E-state index in [1.54, 1.807) is 6.07 Å². The number of methoxy groups -OCH3 is 1. The summed E-state index contributed by atoms with van der Waals surface area (Å²) in [6, 6.07) is 12.0. The first-order chi connectivity index (χ1) is 13.0. The number of amides is 1. The Hall–Kier alpha value is -2.64. The molecule has 1 aliphatic rings. The highest BCUT2D eigenvalue weighted by Crippen LogP contribution is 2.27. The van der Waals surface area contributed by atoms with Crippen LogP contribution in [-0.2, 0) is 19.2 Å². The van der Waals surface area contributed by atoms with Crippen LogP contribution in [0.5, 0.6) is 0 Å². The largest absolute Gasteiger partial charge is 0.480 e. The Morgan fingerprint density at radius 1 is 1.33 bits per heavy atom. The van der Waals surface area contributed by atoms with Gasteiger partial charge in [-0.25, -0.2) is 4.79 Å². The summed E-state index contributed by atoms with van der Waals surface area (Å²) in [5, 5.41) is 17.7. The number of fused-ring (bicyclic) bond motifs is 1. The van der Waals surface area contributed by atoms with Crippen LogP contribution in [-0.4, -0.2) is 41.4 Å². The third-order valence-corrected chi connectivity index (χ3v) is 4.61. The van der Waals surface area contributed by atoms with Gasteiger partial charge in [0.05, 0.1) is 0 Å². The van der Waals surface area contributed by atoms with Crippen molar-refractivity contribution in [3.8, 4) is 0 Å². The second-order valence-electron chi connectivity index (χ2n) is 6.22. The maximum atomic E-state index is 12.8. The Labute approximate surface area is 160 Å². The maximum absolute atomic E-state index is 12.8. The Balaban J connectivity index is 1.78. The highest BCUT2D eigenvalue weighted by Gasteiger charge is 2.31. The molecule has 1 aliphatic heterocycles. The lowest BCUT2D eigenvalue weighted by molar-refractivity contribution is -0.145. The molecule has 7 nitrogen and oxygen atoms in total. The third kappa shape index (κ3) is 4.37. The number of rotatable bonds is 7. The molecule has 2 aromatic carbocycles. The van der Waals surface area contributed by atoms with Crippen molar-refractivity contribution in [2.75, 3.05) is 7.11 Å². The van der Waals surface area contributed by atoms with Crippen molar-refractivity contribution in [2.45, 2.75) is 31.1 Å². The lowest BCUT2D eigenvalue weighted by Crippen LogP contribution is -2.45. The van der Waals surface area contributed by atoms with Crippen molar-refractivity contribution >= 4 is 39.4 Å². The zero-order valence-electron chi connectivity index (χ0n) is 14.6. The van der Waals surface area contributed by atoms with Gasteiger partial charge in [-0.2, -0.15) is 0 Å². The molecule has 0 saturated carbocycles. The van der Waals surface area contributed by atoms with E-state index in [1.807, 2.05) is 36.4 Å². The Kier molecular flexibility index (Phi) is 5.93. The summed E-state index contributed by atoms with van der Waals surface area (Å²) >= 11 is 5.75. The molecule has 0 bridgehead atoms. The number of carboxylic acids is 1. The van der Waals surface area contributed by atoms with Crippen LogP contribution in [0.1, 0.15) is 24.5 Å². The third-order valence-electron chi connectivity index (χ3n) is 4.39. The number of nitrogens with zero attached hydrogens (tertiary/aromatic N) is 1. The number of oxime groups is 1. The van der Waals surface area contributed by atoms with Crippen molar-refractivity contribution in [3.05, 3.63) is 48.0 Å². The number of hydrogen-bond acceptors (Lipinski definition) is 5. The van der Waals surface area contributed by atoms with E-state index in [0.29, 0.717) is 12.0 Å². The van der Waals surface area contributed by atoms with Crippen molar-refractivity contribution in [3.63, 3.8) is 0 Å². The molecular formula is C19H19ClN2O5. The van der Waals surface area contributed by atoms with Gasteiger partial charge in [0.2, 0.25) is 0 Å². The molecule has 2 aromatic rings. The van der Waals surface area contributed by atoms with Crippen LogP contribution in [0.15, 0.2) is 47.6 Å². The van der Waals surface area contributed by atoms with Crippen molar-refractivity contribution in [2.24, 2.45) is 5.16 Å². The van der Waals surface area contributed by atoms with E-state index in [-0.39, 0.29) is 11.6 Å². The lowest BCUT2D eigenvalue weighted by Gasteiger charge is -2.22. The molecule has 0 fully saturated rings. The molecule has 2 unspecified atom stereocenters. The van der Waals surface area contributed by atoms with E-state index in [2.05, 4.69) is 10.5 Å². The minimum Gasteiger partial charge on any atom is -0.480 e. The molecule has 27 heavy (non-hydrogen) atoms. The second-order valence-corrected chi connectivity index (χ2v) is 6.65. The van der Waals surface area contributed by atoms with Crippen LogP contribution < -0.4 is 5.32 Å². The van der Waals surface area contributed by atoms with Gasteiger partial charge in [-0.05, 0) is 16.3 Å². The fourth-order valence-corrected chi connectivity index (χ4v) is 3.32. The van der Waals surface area contributed by atoms with Crippen LogP contribution in [0.2, 0.25) is 0 Å².